The van der Waals surface area contributed by atoms with E-state index in [-0.39, 0.29) is 17.1 Å². The van der Waals surface area contributed by atoms with E-state index in [4.69, 9.17) is 21.7 Å². The summed E-state index contributed by atoms with van der Waals surface area (Å²) in [4.78, 5) is 2.12. The number of nitrogens with two attached hydrogens (primary N) is 1. The van der Waals surface area contributed by atoms with Gasteiger partial charge in [0.15, 0.2) is 11.3 Å². The summed E-state index contributed by atoms with van der Waals surface area (Å²) in [5.41, 5.74) is 9.21. The van der Waals surface area contributed by atoms with E-state index in [1.54, 1.807) is 6.07 Å². The number of rotatable bonds is 2. The van der Waals surface area contributed by atoms with Gasteiger partial charge in [0.05, 0.1) is 5.69 Å². The summed E-state index contributed by atoms with van der Waals surface area (Å²) in [5, 5.41) is 23.6. The number of nitrogens with zero attached hydrogens (tertiary/aromatic N) is 3. The minimum absolute atomic E-state index is 0.186. The van der Waals surface area contributed by atoms with Crippen molar-refractivity contribution in [1.29, 1.82) is 10.8 Å². The summed E-state index contributed by atoms with van der Waals surface area (Å²) < 4.78 is 15.5. The fourth-order valence-electron chi connectivity index (χ4n) is 4.08. The van der Waals surface area contributed by atoms with Crippen molar-refractivity contribution >= 4 is 28.1 Å². The van der Waals surface area contributed by atoms with Gasteiger partial charge in [0.1, 0.15) is 11.7 Å². The molecule has 0 unspecified atom stereocenters. The molecule has 0 atom stereocenters. The van der Waals surface area contributed by atoms with Crippen molar-refractivity contribution in [3.8, 4) is 0 Å². The summed E-state index contributed by atoms with van der Waals surface area (Å²) in [6.07, 6.45) is 2.70. The molecule has 3 aromatic rings. The van der Waals surface area contributed by atoms with Crippen LogP contribution in [0.4, 0.5) is 15.9 Å². The molecule has 0 amide bonds. The molecule has 0 radical (unpaired) electrons. The molecule has 2 aromatic carbocycles. The number of nitrogen functional groups attached to an aromatic ring is 1. The summed E-state index contributed by atoms with van der Waals surface area (Å²) in [7, 11) is 0. The number of fused-ring (bicyclic) bond motifs is 2. The minimum atomic E-state index is -0.397. The average molecular weight is 390 g/mol. The first-order valence-electron chi connectivity index (χ1n) is 9.91. The fraction of sp³-hybridized carbons (Fsp3) is 0.318. The first-order chi connectivity index (χ1) is 13.9. The van der Waals surface area contributed by atoms with Gasteiger partial charge in [-0.25, -0.2) is 4.39 Å². The molecule has 0 saturated heterocycles. The number of aromatic nitrogens is 2. The van der Waals surface area contributed by atoms with Crippen molar-refractivity contribution in [3.05, 3.63) is 58.3 Å². The average Bonchev–Trinajstić information content (AvgIpc) is 3.54. The third-order valence-electron chi connectivity index (χ3n) is 5.90. The van der Waals surface area contributed by atoms with Crippen molar-refractivity contribution in [2.45, 2.75) is 32.7 Å². The normalized spacial score (nSPS) is 16.1. The Balaban J connectivity index is 1.66. The zero-order chi connectivity index (χ0) is 20.3. The van der Waals surface area contributed by atoms with E-state index in [1.165, 1.54) is 10.7 Å². The highest BCUT2D eigenvalue weighted by Gasteiger charge is 2.30. The van der Waals surface area contributed by atoms with E-state index in [2.05, 4.69) is 4.90 Å². The second kappa shape index (κ2) is 6.40. The lowest BCUT2D eigenvalue weighted by atomic mass is 9.98. The van der Waals surface area contributed by atoms with Gasteiger partial charge >= 0.3 is 0 Å². The Labute approximate surface area is 167 Å². The Morgan fingerprint density at radius 1 is 1.17 bits per heavy atom. The quantitative estimate of drug-likeness (QED) is 0.356. The van der Waals surface area contributed by atoms with E-state index < -0.39 is 5.82 Å². The van der Waals surface area contributed by atoms with Crippen LogP contribution in [0.5, 0.6) is 0 Å². The molecule has 4 N–H and O–H groups in total. The number of nitrogens with one attached hydrogen (secondary N) is 2. The van der Waals surface area contributed by atoms with E-state index in [1.807, 2.05) is 25.1 Å². The van der Waals surface area contributed by atoms with Crippen molar-refractivity contribution in [1.82, 2.24) is 9.78 Å². The van der Waals surface area contributed by atoms with E-state index in [0.717, 1.165) is 59.1 Å². The van der Waals surface area contributed by atoms with Crippen LogP contribution in [-0.2, 0) is 13.0 Å². The molecule has 0 bridgehead atoms. The molecule has 29 heavy (non-hydrogen) atoms. The maximum absolute atomic E-state index is 14.0. The molecule has 0 spiro atoms. The van der Waals surface area contributed by atoms with Gasteiger partial charge in [0.25, 0.3) is 0 Å². The topological polar surface area (TPSA) is 94.8 Å². The highest BCUT2D eigenvalue weighted by Crippen LogP contribution is 2.32. The summed E-state index contributed by atoms with van der Waals surface area (Å²) >= 11 is 0. The Morgan fingerprint density at radius 3 is 2.72 bits per heavy atom. The van der Waals surface area contributed by atoms with Crippen LogP contribution in [0.1, 0.15) is 29.5 Å². The van der Waals surface area contributed by atoms with Gasteiger partial charge in [0, 0.05) is 29.8 Å². The Morgan fingerprint density at radius 2 is 1.97 bits per heavy atom. The maximum Gasteiger partial charge on any atom is 0.157 e. The second-order valence-corrected chi connectivity index (χ2v) is 8.11. The number of benzene rings is 2. The lowest BCUT2D eigenvalue weighted by Crippen LogP contribution is -2.36. The number of aryl methyl sites for hydroxylation is 1. The van der Waals surface area contributed by atoms with E-state index >= 15 is 0 Å². The van der Waals surface area contributed by atoms with Crippen LogP contribution in [0.15, 0.2) is 30.3 Å². The summed E-state index contributed by atoms with van der Waals surface area (Å²) in [6, 6.07) is 9.24. The van der Waals surface area contributed by atoms with Crippen molar-refractivity contribution in [2.75, 3.05) is 17.2 Å². The lowest BCUT2D eigenvalue weighted by molar-refractivity contribution is 0.622. The molecule has 148 valence electrons. The molecule has 1 saturated carbocycles. The monoisotopic (exact) mass is 390 g/mol. The highest BCUT2D eigenvalue weighted by atomic mass is 19.1. The molecule has 1 aliphatic heterocycles. The number of hydrogen-bond donors (Lipinski definition) is 3. The third-order valence-corrected chi connectivity index (χ3v) is 5.90. The van der Waals surface area contributed by atoms with Gasteiger partial charge in [-0.1, -0.05) is 17.7 Å². The van der Waals surface area contributed by atoms with Crippen molar-refractivity contribution in [3.63, 3.8) is 0 Å². The van der Waals surface area contributed by atoms with Crippen LogP contribution in [0.2, 0.25) is 0 Å². The molecule has 2 aliphatic rings. The van der Waals surface area contributed by atoms with Crippen LogP contribution in [0.25, 0.3) is 10.8 Å². The first kappa shape index (κ1) is 17.8. The predicted molar refractivity (Wildman–Crippen MR) is 112 cm³/mol. The molecule has 5 rings (SSSR count). The van der Waals surface area contributed by atoms with Gasteiger partial charge < -0.3 is 10.6 Å². The molecular formula is C22H23FN6. The Bertz CT molecular complexity index is 1220. The smallest absolute Gasteiger partial charge is 0.157 e. The van der Waals surface area contributed by atoms with Crippen LogP contribution in [0, 0.1) is 29.5 Å². The summed E-state index contributed by atoms with van der Waals surface area (Å²) in [6.45, 7) is 3.25. The van der Waals surface area contributed by atoms with Gasteiger partial charge in [-0.15, -0.1) is 5.10 Å². The van der Waals surface area contributed by atoms with Crippen LogP contribution >= 0.6 is 0 Å². The van der Waals surface area contributed by atoms with E-state index in [0.29, 0.717) is 12.4 Å². The molecule has 7 heteroatoms. The molecule has 1 aromatic heterocycles. The molecule has 6 nitrogen and oxygen atoms in total. The van der Waals surface area contributed by atoms with Gasteiger partial charge in [-0.3, -0.25) is 10.8 Å². The molecular weight excluding hydrogens is 367 g/mol. The summed E-state index contributed by atoms with van der Waals surface area (Å²) in [5.74, 6) is 0.914. The molecule has 2 heterocycles. The first-order valence-corrected chi connectivity index (χ1v) is 9.91. The third kappa shape index (κ3) is 2.97. The van der Waals surface area contributed by atoms with Gasteiger partial charge in [0.2, 0.25) is 0 Å². The highest BCUT2D eigenvalue weighted by molar-refractivity contribution is 5.94. The van der Waals surface area contributed by atoms with Crippen LogP contribution < -0.4 is 16.1 Å². The SMILES string of the molecule is Cc1ccc2c(N3CCc4cc(N)c(F)cc4C3)nn(C(=N)C3CC3)c(=N)c2c1. The van der Waals surface area contributed by atoms with Gasteiger partial charge in [-0.05, 0) is 55.5 Å². The second-order valence-electron chi connectivity index (χ2n) is 8.11. The zero-order valence-corrected chi connectivity index (χ0v) is 16.3. The Hall–Kier alpha value is -3.22. The van der Waals surface area contributed by atoms with Gasteiger partial charge in [-0.2, -0.15) is 4.68 Å². The maximum atomic E-state index is 14.0. The largest absolute Gasteiger partial charge is 0.396 e. The standard InChI is InChI=1S/C22H23FN6/c1-12-2-5-16-17(8-12)21(26)29(20(25)13-3-4-13)27-22(16)28-7-6-14-10-19(24)18(23)9-15(14)11-28/h2,5,8-10,13,25-26H,3-4,6-7,11,24H2,1H3. The van der Waals surface area contributed by atoms with Crippen molar-refractivity contribution < 1.29 is 4.39 Å². The van der Waals surface area contributed by atoms with Crippen LogP contribution in [0.3, 0.4) is 0 Å². The molecule has 1 aliphatic carbocycles. The minimum Gasteiger partial charge on any atom is -0.396 e. The lowest BCUT2D eigenvalue weighted by Gasteiger charge is -2.31. The predicted octanol–water partition coefficient (Wildman–Crippen LogP) is 3.34. The Kier molecular flexibility index (Phi) is 3.94. The number of hydrogen-bond acceptors (Lipinski definition) is 5. The van der Waals surface area contributed by atoms with Crippen LogP contribution in [-0.4, -0.2) is 22.2 Å². The fourth-order valence-corrected chi connectivity index (χ4v) is 4.08. The zero-order valence-electron chi connectivity index (χ0n) is 16.3. The van der Waals surface area contributed by atoms with E-state index in [9.17, 15) is 4.39 Å². The molecule has 1 fully saturated rings. The number of anilines is 2. The van der Waals surface area contributed by atoms with Crippen molar-refractivity contribution in [2.24, 2.45) is 5.92 Å². The number of halogens is 1.